The van der Waals surface area contributed by atoms with E-state index in [0.29, 0.717) is 42.1 Å². The standard InChI is InChI=1S/C32H31FN6O3/c1-3-28(41)38-15-14-24(26(40)18-38)39-16-20(17-39)8-13-25-29(30-31(34)35-19-36-32(30)37(25)2)21-9-11-22(12-10-21)42-27-7-5-4-6-23(27)33/h3-7,9-12,19-20,24,26,40H,1,14-18H2,2H3,(H2,34,35,36)/t24-,26+/m1/s1. The summed E-state index contributed by atoms with van der Waals surface area (Å²) in [4.78, 5) is 24.5. The van der Waals surface area contributed by atoms with Crippen molar-refractivity contribution in [1.82, 2.24) is 24.3 Å². The normalized spacial score (nSPS) is 19.2. The quantitative estimate of drug-likeness (QED) is 0.281. The van der Waals surface area contributed by atoms with Gasteiger partial charge in [-0.05, 0) is 48.2 Å². The lowest BCUT2D eigenvalue weighted by atomic mass is 9.91. The highest BCUT2D eigenvalue weighted by atomic mass is 19.1. The Hall–Kier alpha value is -4.72. The highest BCUT2D eigenvalue weighted by Crippen LogP contribution is 2.37. The first kappa shape index (κ1) is 27.4. The molecular formula is C32H31FN6O3. The van der Waals surface area contributed by atoms with Crippen molar-refractivity contribution in [2.75, 3.05) is 31.9 Å². The second-order valence-corrected chi connectivity index (χ2v) is 10.6. The number of β-amino-alcohol motifs (C(OH)–C–C–N with tert-alkyl or cyclic N) is 1. The third kappa shape index (κ3) is 5.09. The number of aliphatic hydroxyl groups excluding tert-OH is 1. The van der Waals surface area contributed by atoms with Crippen molar-refractivity contribution in [1.29, 1.82) is 0 Å². The van der Waals surface area contributed by atoms with Crippen LogP contribution in [-0.2, 0) is 11.8 Å². The van der Waals surface area contributed by atoms with Gasteiger partial charge in [0, 0.05) is 50.7 Å². The molecule has 0 saturated carbocycles. The second kappa shape index (κ2) is 11.3. The number of piperidine rings is 1. The molecule has 10 heteroatoms. The third-order valence-corrected chi connectivity index (χ3v) is 8.01. The molecule has 2 aliphatic rings. The van der Waals surface area contributed by atoms with Crippen LogP contribution in [0.1, 0.15) is 12.1 Å². The van der Waals surface area contributed by atoms with E-state index in [1.54, 1.807) is 35.2 Å². The average molecular weight is 567 g/mol. The number of aliphatic hydroxyl groups is 1. The van der Waals surface area contributed by atoms with Gasteiger partial charge in [-0.15, -0.1) is 0 Å². The van der Waals surface area contributed by atoms with Crippen molar-refractivity contribution in [3.63, 3.8) is 0 Å². The van der Waals surface area contributed by atoms with Crippen LogP contribution in [0, 0.1) is 23.6 Å². The van der Waals surface area contributed by atoms with E-state index >= 15 is 0 Å². The SMILES string of the molecule is C=CC(=O)N1CC[C@@H](N2CC(C#Cc3c(-c4ccc(Oc5ccccc5F)cc4)c4c(N)ncnc4n3C)C2)[C@@H](O)C1. The number of para-hydroxylation sites is 1. The number of hydrogen-bond donors (Lipinski definition) is 2. The van der Waals surface area contributed by atoms with Gasteiger partial charge in [-0.3, -0.25) is 9.69 Å². The number of anilines is 1. The van der Waals surface area contributed by atoms with Gasteiger partial charge in [0.25, 0.3) is 0 Å². The summed E-state index contributed by atoms with van der Waals surface area (Å²) in [6, 6.07) is 13.6. The van der Waals surface area contributed by atoms with Crippen LogP contribution in [0.4, 0.5) is 10.2 Å². The number of ether oxygens (including phenoxy) is 1. The van der Waals surface area contributed by atoms with Crippen LogP contribution < -0.4 is 10.5 Å². The number of nitrogen functional groups attached to an aromatic ring is 1. The van der Waals surface area contributed by atoms with Gasteiger partial charge in [-0.2, -0.15) is 0 Å². The minimum absolute atomic E-state index is 0.00488. The van der Waals surface area contributed by atoms with Gasteiger partial charge < -0.3 is 25.0 Å². The molecule has 2 aromatic heterocycles. The van der Waals surface area contributed by atoms with Gasteiger partial charge in [-0.1, -0.05) is 36.8 Å². The van der Waals surface area contributed by atoms with Crippen molar-refractivity contribution in [2.45, 2.75) is 18.6 Å². The van der Waals surface area contributed by atoms with Gasteiger partial charge in [0.05, 0.1) is 11.5 Å². The van der Waals surface area contributed by atoms with E-state index in [4.69, 9.17) is 10.5 Å². The third-order valence-electron chi connectivity index (χ3n) is 8.01. The van der Waals surface area contributed by atoms with Gasteiger partial charge in [-0.25, -0.2) is 14.4 Å². The minimum Gasteiger partial charge on any atom is -0.454 e. The summed E-state index contributed by atoms with van der Waals surface area (Å²) in [5, 5.41) is 11.4. The van der Waals surface area contributed by atoms with Crippen molar-refractivity contribution >= 4 is 22.8 Å². The smallest absolute Gasteiger partial charge is 0.246 e. The first-order valence-electron chi connectivity index (χ1n) is 13.8. The zero-order chi connectivity index (χ0) is 29.4. The molecule has 214 valence electrons. The molecular weight excluding hydrogens is 535 g/mol. The molecule has 0 bridgehead atoms. The van der Waals surface area contributed by atoms with Crippen LogP contribution >= 0.6 is 0 Å². The molecule has 6 rings (SSSR count). The lowest BCUT2D eigenvalue weighted by molar-refractivity contribution is -0.132. The number of aromatic nitrogens is 3. The fourth-order valence-corrected chi connectivity index (χ4v) is 5.77. The summed E-state index contributed by atoms with van der Waals surface area (Å²) in [5.74, 6) is 7.35. The molecule has 4 aromatic rings. The van der Waals surface area contributed by atoms with Crippen LogP contribution in [0.2, 0.25) is 0 Å². The predicted octanol–water partition coefficient (Wildman–Crippen LogP) is 3.58. The second-order valence-electron chi connectivity index (χ2n) is 10.6. The fraction of sp³-hybridized carbons (Fsp3) is 0.281. The van der Waals surface area contributed by atoms with Gasteiger partial charge in [0.15, 0.2) is 11.6 Å². The molecule has 42 heavy (non-hydrogen) atoms. The summed E-state index contributed by atoms with van der Waals surface area (Å²) < 4.78 is 21.7. The first-order chi connectivity index (χ1) is 20.3. The number of benzene rings is 2. The number of nitrogens with two attached hydrogens (primary N) is 1. The molecule has 2 aliphatic heterocycles. The summed E-state index contributed by atoms with van der Waals surface area (Å²) in [6.45, 7) is 5.94. The summed E-state index contributed by atoms with van der Waals surface area (Å²) >= 11 is 0. The summed E-state index contributed by atoms with van der Waals surface area (Å²) in [6.07, 6.45) is 2.83. The number of rotatable bonds is 5. The van der Waals surface area contributed by atoms with Crippen LogP contribution in [0.5, 0.6) is 11.5 Å². The van der Waals surface area contributed by atoms with Crippen molar-refractivity contribution in [2.24, 2.45) is 13.0 Å². The maximum Gasteiger partial charge on any atom is 0.246 e. The van der Waals surface area contributed by atoms with Crippen LogP contribution in [0.3, 0.4) is 0 Å². The van der Waals surface area contributed by atoms with Gasteiger partial charge >= 0.3 is 0 Å². The van der Waals surface area contributed by atoms with Crippen LogP contribution in [0.25, 0.3) is 22.2 Å². The number of fused-ring (bicyclic) bond motifs is 1. The fourth-order valence-electron chi connectivity index (χ4n) is 5.77. The lowest BCUT2D eigenvalue weighted by Gasteiger charge is -2.47. The summed E-state index contributed by atoms with van der Waals surface area (Å²) in [5.41, 5.74) is 9.44. The van der Waals surface area contributed by atoms with Crippen molar-refractivity contribution in [3.05, 3.63) is 79.0 Å². The monoisotopic (exact) mass is 566 g/mol. The van der Waals surface area contributed by atoms with Crippen molar-refractivity contribution < 1.29 is 19.0 Å². The molecule has 2 aromatic carbocycles. The number of aryl methyl sites for hydroxylation is 1. The first-order valence-corrected chi connectivity index (χ1v) is 13.8. The average Bonchev–Trinajstić information content (AvgIpc) is 3.26. The molecule has 2 saturated heterocycles. The zero-order valence-electron chi connectivity index (χ0n) is 23.2. The van der Waals surface area contributed by atoms with E-state index in [2.05, 4.69) is 33.3 Å². The van der Waals surface area contributed by atoms with E-state index in [1.807, 2.05) is 23.7 Å². The van der Waals surface area contributed by atoms with E-state index in [1.165, 1.54) is 18.5 Å². The number of carbonyl (C=O) groups is 1. The molecule has 4 heterocycles. The molecule has 3 N–H and O–H groups in total. The number of amides is 1. The molecule has 0 aliphatic carbocycles. The molecule has 0 radical (unpaired) electrons. The van der Waals surface area contributed by atoms with Crippen LogP contribution in [0.15, 0.2) is 67.5 Å². The van der Waals surface area contributed by atoms with E-state index in [0.717, 1.165) is 29.9 Å². The number of carbonyl (C=O) groups excluding carboxylic acids is 1. The Balaban J connectivity index is 1.23. The lowest BCUT2D eigenvalue weighted by Crippen LogP contribution is -2.61. The molecule has 9 nitrogen and oxygen atoms in total. The maximum atomic E-state index is 14.1. The Kier molecular flexibility index (Phi) is 7.37. The molecule has 2 fully saturated rings. The predicted molar refractivity (Wildman–Crippen MR) is 158 cm³/mol. The Bertz CT molecular complexity index is 1720. The zero-order valence-corrected chi connectivity index (χ0v) is 23.2. The minimum atomic E-state index is -0.604. The maximum absolute atomic E-state index is 14.1. The topological polar surface area (TPSA) is 110 Å². The molecule has 0 spiro atoms. The Morgan fingerprint density at radius 3 is 2.64 bits per heavy atom. The van der Waals surface area contributed by atoms with Gasteiger partial charge in [0.1, 0.15) is 29.2 Å². The molecule has 2 atom stereocenters. The largest absolute Gasteiger partial charge is 0.454 e. The summed E-state index contributed by atoms with van der Waals surface area (Å²) in [7, 11) is 1.90. The Labute approximate surface area is 243 Å². The number of hydrogen-bond acceptors (Lipinski definition) is 7. The number of nitrogens with zero attached hydrogens (tertiary/aromatic N) is 5. The number of halogens is 1. The number of likely N-dealkylation sites (tertiary alicyclic amines) is 2. The molecule has 1 amide bonds. The van der Waals surface area contributed by atoms with Gasteiger partial charge in [0.2, 0.25) is 5.91 Å². The van der Waals surface area contributed by atoms with Crippen LogP contribution in [-0.4, -0.2) is 73.7 Å². The van der Waals surface area contributed by atoms with Crippen molar-refractivity contribution in [3.8, 4) is 34.5 Å². The highest BCUT2D eigenvalue weighted by molar-refractivity contribution is 6.03. The Morgan fingerprint density at radius 1 is 1.17 bits per heavy atom. The Morgan fingerprint density at radius 2 is 1.93 bits per heavy atom. The van der Waals surface area contributed by atoms with E-state index in [-0.39, 0.29) is 23.6 Å². The highest BCUT2D eigenvalue weighted by Gasteiger charge is 2.38. The van der Waals surface area contributed by atoms with E-state index in [9.17, 15) is 14.3 Å². The van der Waals surface area contributed by atoms with E-state index < -0.39 is 11.9 Å². The molecule has 0 unspecified atom stereocenters.